The average Bonchev–Trinajstić information content (AvgIpc) is 2.14. The predicted molar refractivity (Wildman–Crippen MR) is 56.0 cm³/mol. The summed E-state index contributed by atoms with van der Waals surface area (Å²) in [6.07, 6.45) is -2.82. The van der Waals surface area contributed by atoms with Crippen LogP contribution in [0.15, 0.2) is 0 Å². The molecule has 1 aliphatic rings. The lowest BCUT2D eigenvalue weighted by Crippen LogP contribution is -2.56. The summed E-state index contributed by atoms with van der Waals surface area (Å²) in [4.78, 5) is 0. The highest BCUT2D eigenvalue weighted by Gasteiger charge is 2.40. The van der Waals surface area contributed by atoms with Gasteiger partial charge in [-0.1, -0.05) is 6.92 Å². The van der Waals surface area contributed by atoms with Gasteiger partial charge in [0.25, 0.3) is 0 Å². The molecular weight excluding hydrogens is 294 g/mol. The van der Waals surface area contributed by atoms with Gasteiger partial charge in [-0.15, -0.1) is 0 Å². The van der Waals surface area contributed by atoms with Crippen LogP contribution in [0.5, 0.6) is 0 Å². The molecule has 0 spiro atoms. The number of ether oxygens (including phenoxy) is 1. The minimum atomic E-state index is -4.76. The lowest BCUT2D eigenvalue weighted by atomic mass is 9.96. The molecule has 0 radical (unpaired) electrons. The van der Waals surface area contributed by atoms with E-state index in [-0.39, 0.29) is 0 Å². The molecule has 1 heterocycles. The third-order valence-electron chi connectivity index (χ3n) is 2.34. The van der Waals surface area contributed by atoms with Gasteiger partial charge >= 0.3 is 20.7 Å². The number of hydrogen-bond acceptors (Lipinski definition) is 7. The van der Waals surface area contributed by atoms with Crippen LogP contribution in [-0.4, -0.2) is 56.1 Å². The molecule has 4 unspecified atom stereocenters. The number of aliphatic hydroxyl groups excluding tert-OH is 1. The number of aliphatic hydroxyl groups is 1. The largest absolute Gasteiger partial charge is 0.399 e. The second-order valence-corrected chi connectivity index (χ2v) is 6.01. The van der Waals surface area contributed by atoms with Crippen molar-refractivity contribution in [2.75, 3.05) is 6.61 Å². The van der Waals surface area contributed by atoms with E-state index in [1.165, 1.54) is 6.92 Å². The van der Waals surface area contributed by atoms with Gasteiger partial charge < -0.3 is 9.84 Å². The molecular formula is C6H13NO9S2. The fourth-order valence-corrected chi connectivity index (χ4v) is 2.57. The van der Waals surface area contributed by atoms with Gasteiger partial charge in [0, 0.05) is 5.92 Å². The van der Waals surface area contributed by atoms with E-state index in [9.17, 15) is 21.9 Å². The van der Waals surface area contributed by atoms with Crippen LogP contribution in [0.4, 0.5) is 0 Å². The molecule has 0 aromatic carbocycles. The van der Waals surface area contributed by atoms with E-state index in [2.05, 4.69) is 4.18 Å². The molecule has 0 amide bonds. The van der Waals surface area contributed by atoms with E-state index >= 15 is 0 Å². The quantitative estimate of drug-likeness (QED) is 0.427. The van der Waals surface area contributed by atoms with Crippen LogP contribution in [0.2, 0.25) is 0 Å². The Hall–Kier alpha value is -0.340. The molecule has 0 saturated carbocycles. The molecule has 12 heteroatoms. The second kappa shape index (κ2) is 5.34. The van der Waals surface area contributed by atoms with Gasteiger partial charge in [-0.2, -0.15) is 21.6 Å². The van der Waals surface area contributed by atoms with Gasteiger partial charge in [-0.3, -0.25) is 9.11 Å². The molecule has 10 nitrogen and oxygen atoms in total. The van der Waals surface area contributed by atoms with Crippen molar-refractivity contribution >= 4 is 20.7 Å². The molecule has 0 aromatic heterocycles. The highest BCUT2D eigenvalue weighted by atomic mass is 32.3. The molecule has 1 saturated heterocycles. The first kappa shape index (κ1) is 15.7. The lowest BCUT2D eigenvalue weighted by Gasteiger charge is -2.36. The molecule has 0 bridgehead atoms. The zero-order valence-corrected chi connectivity index (χ0v) is 10.8. The van der Waals surface area contributed by atoms with Crippen LogP contribution >= 0.6 is 0 Å². The van der Waals surface area contributed by atoms with E-state index in [0.717, 1.165) is 0 Å². The second-order valence-electron chi connectivity index (χ2n) is 3.77. The van der Waals surface area contributed by atoms with Crippen LogP contribution < -0.4 is 4.72 Å². The van der Waals surface area contributed by atoms with Crippen molar-refractivity contribution in [3.8, 4) is 0 Å². The Morgan fingerprint density at radius 2 is 1.83 bits per heavy atom. The number of nitrogens with one attached hydrogen (secondary N) is 1. The van der Waals surface area contributed by atoms with E-state index in [4.69, 9.17) is 13.8 Å². The van der Waals surface area contributed by atoms with Crippen molar-refractivity contribution in [2.24, 2.45) is 5.92 Å². The minimum Gasteiger partial charge on any atom is -0.391 e. The molecule has 4 atom stereocenters. The van der Waals surface area contributed by atoms with Crippen molar-refractivity contribution in [3.05, 3.63) is 0 Å². The van der Waals surface area contributed by atoms with Gasteiger partial charge in [0.2, 0.25) is 0 Å². The lowest BCUT2D eigenvalue weighted by molar-refractivity contribution is -0.183. The Bertz CT molecular complexity index is 439. The van der Waals surface area contributed by atoms with Crippen molar-refractivity contribution in [2.45, 2.75) is 25.4 Å². The van der Waals surface area contributed by atoms with Crippen molar-refractivity contribution in [1.82, 2.24) is 4.72 Å². The zero-order chi connectivity index (χ0) is 14.1. The Labute approximate surface area is 104 Å². The maximum atomic E-state index is 10.6. The first-order valence-corrected chi connectivity index (χ1v) is 7.50. The highest BCUT2D eigenvalue weighted by Crippen LogP contribution is 2.23. The van der Waals surface area contributed by atoms with Crippen LogP contribution in [0.3, 0.4) is 0 Å². The van der Waals surface area contributed by atoms with Gasteiger partial charge in [0.1, 0.15) is 0 Å². The first-order valence-electron chi connectivity index (χ1n) is 4.70. The SMILES string of the molecule is CC1C(OS(=O)(=O)O)OCC(NS(=O)(=O)O)C1O. The van der Waals surface area contributed by atoms with Crippen LogP contribution in [0.1, 0.15) is 6.92 Å². The minimum absolute atomic E-state index is 0.439. The monoisotopic (exact) mass is 307 g/mol. The molecule has 0 aliphatic carbocycles. The van der Waals surface area contributed by atoms with Gasteiger partial charge in [-0.05, 0) is 0 Å². The van der Waals surface area contributed by atoms with E-state index < -0.39 is 51.7 Å². The fraction of sp³-hybridized carbons (Fsp3) is 1.00. The molecule has 4 N–H and O–H groups in total. The van der Waals surface area contributed by atoms with Gasteiger partial charge in [0.15, 0.2) is 6.29 Å². The van der Waals surface area contributed by atoms with Crippen molar-refractivity contribution < 1.29 is 40.0 Å². The molecule has 1 aliphatic heterocycles. The Morgan fingerprint density at radius 3 is 2.28 bits per heavy atom. The summed E-state index contributed by atoms with van der Waals surface area (Å²) in [6.45, 7) is 0.879. The average molecular weight is 307 g/mol. The summed E-state index contributed by atoms with van der Waals surface area (Å²) in [7, 11) is -9.29. The van der Waals surface area contributed by atoms with Crippen LogP contribution in [-0.2, 0) is 29.6 Å². The summed E-state index contributed by atoms with van der Waals surface area (Å²) in [5, 5.41) is 9.69. The molecule has 18 heavy (non-hydrogen) atoms. The Balaban J connectivity index is 2.72. The highest BCUT2D eigenvalue weighted by molar-refractivity contribution is 7.83. The summed E-state index contributed by atoms with van der Waals surface area (Å²) < 4.78 is 69.8. The zero-order valence-electron chi connectivity index (χ0n) is 9.12. The van der Waals surface area contributed by atoms with Crippen LogP contribution in [0.25, 0.3) is 0 Å². The molecule has 108 valence electrons. The Morgan fingerprint density at radius 1 is 1.28 bits per heavy atom. The van der Waals surface area contributed by atoms with E-state index in [0.29, 0.717) is 0 Å². The normalized spacial score (nSPS) is 34.4. The maximum absolute atomic E-state index is 10.6. The third kappa shape index (κ3) is 4.74. The summed E-state index contributed by atoms with van der Waals surface area (Å²) in [6, 6.07) is -1.16. The van der Waals surface area contributed by atoms with Crippen LogP contribution in [0, 0.1) is 5.92 Å². The number of hydrogen-bond donors (Lipinski definition) is 4. The topological polar surface area (TPSA) is 159 Å². The molecule has 0 aromatic rings. The maximum Gasteiger partial charge on any atom is 0.399 e. The predicted octanol–water partition coefficient (Wildman–Crippen LogP) is -2.08. The summed E-state index contributed by atoms with van der Waals surface area (Å²) in [5.74, 6) is -0.958. The van der Waals surface area contributed by atoms with Gasteiger partial charge in [0.05, 0.1) is 18.8 Å². The van der Waals surface area contributed by atoms with Gasteiger partial charge in [-0.25, -0.2) is 4.18 Å². The molecule has 1 fully saturated rings. The first-order chi connectivity index (χ1) is 7.99. The Kier molecular flexibility index (Phi) is 4.66. The molecule has 1 rings (SSSR count). The third-order valence-corrected chi connectivity index (χ3v) is 3.37. The summed E-state index contributed by atoms with van der Waals surface area (Å²) in [5.41, 5.74) is 0. The standard InChI is InChI=1S/C6H13NO9S2/c1-3-5(8)4(7-17(9,10)11)2-15-6(3)16-18(12,13)14/h3-8H,2H2,1H3,(H,9,10,11)(H,12,13,14). The van der Waals surface area contributed by atoms with Crippen molar-refractivity contribution in [1.29, 1.82) is 0 Å². The van der Waals surface area contributed by atoms with E-state index in [1.54, 1.807) is 4.72 Å². The number of rotatable bonds is 4. The smallest absolute Gasteiger partial charge is 0.391 e. The fourth-order valence-electron chi connectivity index (χ4n) is 1.51. The van der Waals surface area contributed by atoms with Crippen molar-refractivity contribution in [3.63, 3.8) is 0 Å². The van der Waals surface area contributed by atoms with E-state index in [1.807, 2.05) is 0 Å². The summed E-state index contributed by atoms with van der Waals surface area (Å²) >= 11 is 0.